The second-order valence-corrected chi connectivity index (χ2v) is 7.08. The predicted molar refractivity (Wildman–Crippen MR) is 92.9 cm³/mol. The molecule has 0 radical (unpaired) electrons. The van der Waals surface area contributed by atoms with Gasteiger partial charge in [0.2, 0.25) is 0 Å². The Morgan fingerprint density at radius 3 is 2.43 bits per heavy atom. The van der Waals surface area contributed by atoms with Gasteiger partial charge in [0.25, 0.3) is 0 Å². The average molecular weight is 287 g/mol. The van der Waals surface area contributed by atoms with Gasteiger partial charge >= 0.3 is 0 Å². The molecule has 1 saturated carbocycles. The minimum Gasteiger partial charge on any atom is -0.317 e. The molecule has 0 aliphatic heterocycles. The van der Waals surface area contributed by atoms with E-state index in [0.717, 1.165) is 6.54 Å². The zero-order valence-electron chi connectivity index (χ0n) is 14.3. The Balaban J connectivity index is 1.95. The van der Waals surface area contributed by atoms with Crippen molar-refractivity contribution in [1.29, 1.82) is 0 Å². The highest BCUT2D eigenvalue weighted by Gasteiger charge is 2.30. The molecule has 21 heavy (non-hydrogen) atoms. The molecule has 0 heterocycles. The summed E-state index contributed by atoms with van der Waals surface area (Å²) >= 11 is 0. The number of nitrogens with one attached hydrogen (secondary N) is 1. The van der Waals surface area contributed by atoms with Crippen LogP contribution < -0.4 is 5.32 Å². The van der Waals surface area contributed by atoms with Crippen LogP contribution in [0.5, 0.6) is 0 Å². The Morgan fingerprint density at radius 1 is 1.00 bits per heavy atom. The number of rotatable bonds is 7. The second kappa shape index (κ2) is 7.98. The van der Waals surface area contributed by atoms with Gasteiger partial charge in [-0.2, -0.15) is 0 Å². The Hall–Kier alpha value is -0.820. The van der Waals surface area contributed by atoms with E-state index in [2.05, 4.69) is 44.3 Å². The minimum atomic E-state index is 0.610. The normalized spacial score (nSPS) is 17.9. The largest absolute Gasteiger partial charge is 0.317 e. The lowest BCUT2D eigenvalue weighted by Gasteiger charge is -2.38. The number of hydrogen-bond donors (Lipinski definition) is 1. The number of hydrogen-bond acceptors (Lipinski definition) is 1. The molecular formula is C20H33N. The second-order valence-electron chi connectivity index (χ2n) is 7.08. The van der Waals surface area contributed by atoms with Gasteiger partial charge in [-0.15, -0.1) is 0 Å². The smallest absolute Gasteiger partial charge is 0.00437 e. The summed E-state index contributed by atoms with van der Waals surface area (Å²) in [6, 6.07) is 7.02. The van der Waals surface area contributed by atoms with Crippen molar-refractivity contribution >= 4 is 0 Å². The highest BCUT2D eigenvalue weighted by Crippen LogP contribution is 2.42. The summed E-state index contributed by atoms with van der Waals surface area (Å²) in [7, 11) is 0. The van der Waals surface area contributed by atoms with Crippen molar-refractivity contribution in [3.63, 3.8) is 0 Å². The molecule has 0 amide bonds. The molecule has 1 N–H and O–H groups in total. The van der Waals surface area contributed by atoms with E-state index in [4.69, 9.17) is 0 Å². The molecule has 1 aliphatic carbocycles. The molecule has 0 bridgehead atoms. The van der Waals surface area contributed by atoms with E-state index in [9.17, 15) is 0 Å². The third-order valence-electron chi connectivity index (χ3n) is 5.51. The van der Waals surface area contributed by atoms with Crippen molar-refractivity contribution in [3.8, 4) is 0 Å². The van der Waals surface area contributed by atoms with Crippen LogP contribution in [0.1, 0.15) is 68.6 Å². The molecule has 2 rings (SSSR count). The van der Waals surface area contributed by atoms with Gasteiger partial charge in [-0.25, -0.2) is 0 Å². The molecule has 1 nitrogen and oxygen atoms in total. The first kappa shape index (κ1) is 16.5. The molecule has 118 valence electrons. The molecule has 0 saturated heterocycles. The quantitative estimate of drug-likeness (QED) is 0.681. The van der Waals surface area contributed by atoms with Crippen LogP contribution in [0.3, 0.4) is 0 Å². The molecule has 1 aliphatic rings. The maximum absolute atomic E-state index is 3.54. The minimum absolute atomic E-state index is 0.610. The van der Waals surface area contributed by atoms with E-state index in [0.29, 0.717) is 5.41 Å². The summed E-state index contributed by atoms with van der Waals surface area (Å²) in [5, 5.41) is 3.54. The summed E-state index contributed by atoms with van der Waals surface area (Å²) in [5.74, 6) is 0. The summed E-state index contributed by atoms with van der Waals surface area (Å²) < 4.78 is 0. The van der Waals surface area contributed by atoms with E-state index in [1.165, 1.54) is 74.6 Å². The molecule has 1 aromatic carbocycles. The first-order chi connectivity index (χ1) is 10.2. The van der Waals surface area contributed by atoms with Crippen molar-refractivity contribution in [1.82, 2.24) is 5.32 Å². The van der Waals surface area contributed by atoms with Crippen LogP contribution in [0.4, 0.5) is 0 Å². The van der Waals surface area contributed by atoms with Crippen LogP contribution in [0.2, 0.25) is 0 Å². The van der Waals surface area contributed by atoms with Gasteiger partial charge in [-0.1, -0.05) is 44.4 Å². The summed E-state index contributed by atoms with van der Waals surface area (Å²) in [6.07, 6.45) is 11.2. The fourth-order valence-corrected chi connectivity index (χ4v) is 3.83. The van der Waals surface area contributed by atoms with E-state index in [1.807, 2.05) is 0 Å². The monoisotopic (exact) mass is 287 g/mol. The lowest BCUT2D eigenvalue weighted by atomic mass is 9.68. The third-order valence-corrected chi connectivity index (χ3v) is 5.51. The topological polar surface area (TPSA) is 12.0 Å². The van der Waals surface area contributed by atoms with E-state index in [-0.39, 0.29) is 0 Å². The van der Waals surface area contributed by atoms with Gasteiger partial charge in [0, 0.05) is 0 Å². The van der Waals surface area contributed by atoms with E-state index in [1.54, 1.807) is 0 Å². The molecule has 0 aromatic heterocycles. The maximum Gasteiger partial charge on any atom is -0.00437 e. The lowest BCUT2D eigenvalue weighted by Crippen LogP contribution is -2.30. The first-order valence-corrected chi connectivity index (χ1v) is 8.92. The molecule has 1 fully saturated rings. The van der Waals surface area contributed by atoms with Gasteiger partial charge in [0.15, 0.2) is 0 Å². The van der Waals surface area contributed by atoms with E-state index < -0.39 is 0 Å². The van der Waals surface area contributed by atoms with Crippen molar-refractivity contribution in [2.75, 3.05) is 13.1 Å². The van der Waals surface area contributed by atoms with Crippen molar-refractivity contribution in [2.45, 2.75) is 72.1 Å². The van der Waals surface area contributed by atoms with Crippen LogP contribution in [0.15, 0.2) is 18.2 Å². The molecule has 0 spiro atoms. The Kier molecular flexibility index (Phi) is 6.29. The molecule has 1 heteroatoms. The van der Waals surface area contributed by atoms with Crippen LogP contribution in [0.25, 0.3) is 0 Å². The standard InChI is InChI=1S/C20H33N/c1-4-21-15-14-20(11-6-5-7-12-20)13-10-19-9-8-17(2)18(3)16-19/h8-9,16,21H,4-7,10-15H2,1-3H3. The van der Waals surface area contributed by atoms with Gasteiger partial charge in [0.05, 0.1) is 0 Å². The van der Waals surface area contributed by atoms with Crippen molar-refractivity contribution < 1.29 is 0 Å². The van der Waals surface area contributed by atoms with Crippen LogP contribution >= 0.6 is 0 Å². The van der Waals surface area contributed by atoms with Crippen molar-refractivity contribution in [2.24, 2.45) is 5.41 Å². The Bertz CT molecular complexity index is 429. The van der Waals surface area contributed by atoms with Crippen LogP contribution in [-0.4, -0.2) is 13.1 Å². The highest BCUT2D eigenvalue weighted by atomic mass is 14.8. The van der Waals surface area contributed by atoms with Crippen LogP contribution in [0, 0.1) is 19.3 Å². The van der Waals surface area contributed by atoms with Gasteiger partial charge in [-0.3, -0.25) is 0 Å². The van der Waals surface area contributed by atoms with Crippen molar-refractivity contribution in [3.05, 3.63) is 34.9 Å². The molecular weight excluding hydrogens is 254 g/mol. The molecule has 0 atom stereocenters. The fraction of sp³-hybridized carbons (Fsp3) is 0.700. The SMILES string of the molecule is CCNCCC1(CCc2ccc(C)c(C)c2)CCCCC1. The number of aryl methyl sites for hydroxylation is 3. The summed E-state index contributed by atoms with van der Waals surface area (Å²) in [5.41, 5.74) is 5.00. The van der Waals surface area contributed by atoms with Gasteiger partial charge < -0.3 is 5.32 Å². The fourth-order valence-electron chi connectivity index (χ4n) is 3.83. The average Bonchev–Trinajstić information content (AvgIpc) is 2.50. The third kappa shape index (κ3) is 4.85. The Morgan fingerprint density at radius 2 is 1.76 bits per heavy atom. The van der Waals surface area contributed by atoms with Gasteiger partial charge in [-0.05, 0) is 81.1 Å². The molecule has 1 aromatic rings. The van der Waals surface area contributed by atoms with Crippen LogP contribution in [-0.2, 0) is 6.42 Å². The zero-order chi connectivity index (χ0) is 15.1. The maximum atomic E-state index is 3.54. The van der Waals surface area contributed by atoms with E-state index >= 15 is 0 Å². The predicted octanol–water partition coefficient (Wildman–Crippen LogP) is 5.19. The zero-order valence-corrected chi connectivity index (χ0v) is 14.3. The summed E-state index contributed by atoms with van der Waals surface area (Å²) in [6.45, 7) is 8.96. The van der Waals surface area contributed by atoms with Gasteiger partial charge in [0.1, 0.15) is 0 Å². The summed E-state index contributed by atoms with van der Waals surface area (Å²) in [4.78, 5) is 0. The Labute approximate surface area is 131 Å². The lowest BCUT2D eigenvalue weighted by molar-refractivity contribution is 0.157. The number of benzene rings is 1. The highest BCUT2D eigenvalue weighted by molar-refractivity contribution is 5.30. The first-order valence-electron chi connectivity index (χ1n) is 8.92. The molecule has 0 unspecified atom stereocenters.